The van der Waals surface area contributed by atoms with Crippen LogP contribution in [0.3, 0.4) is 0 Å². The molecule has 0 fully saturated rings. The summed E-state index contributed by atoms with van der Waals surface area (Å²) in [4.78, 5) is 4.05. The Bertz CT molecular complexity index is 267. The van der Waals surface area contributed by atoms with Crippen molar-refractivity contribution in [2.75, 3.05) is 13.6 Å². The molecule has 2 heteroatoms. The molecule has 0 amide bonds. The molecule has 1 unspecified atom stereocenters. The van der Waals surface area contributed by atoms with E-state index < -0.39 is 0 Å². The van der Waals surface area contributed by atoms with E-state index in [1.54, 1.807) is 10.4 Å². The molecule has 2 rings (SSSR count). The highest BCUT2D eigenvalue weighted by Gasteiger charge is 2.22. The number of fused-ring (bicyclic) bond motifs is 1. The maximum Gasteiger partial charge on any atom is 0.0242 e. The molecule has 0 saturated heterocycles. The largest absolute Gasteiger partial charge is 0.301 e. The zero-order valence-corrected chi connectivity index (χ0v) is 8.53. The van der Waals surface area contributed by atoms with Gasteiger partial charge < -0.3 is 4.90 Å². The normalized spacial score (nSPS) is 24.0. The minimum Gasteiger partial charge on any atom is -0.301 e. The van der Waals surface area contributed by atoms with E-state index in [4.69, 9.17) is 0 Å². The molecule has 2 heterocycles. The molecule has 0 bridgehead atoms. The van der Waals surface area contributed by atoms with Gasteiger partial charge in [-0.3, -0.25) is 0 Å². The lowest BCUT2D eigenvalue weighted by Gasteiger charge is -2.29. The molecule has 12 heavy (non-hydrogen) atoms. The second kappa shape index (κ2) is 3.19. The molecule has 1 aromatic rings. The molecule has 0 aliphatic carbocycles. The number of hydrogen-bond donors (Lipinski definition) is 0. The molecule has 1 aromatic heterocycles. The predicted molar refractivity (Wildman–Crippen MR) is 53.7 cm³/mol. The van der Waals surface area contributed by atoms with Gasteiger partial charge in [-0.05, 0) is 30.5 Å². The van der Waals surface area contributed by atoms with Gasteiger partial charge >= 0.3 is 0 Å². The van der Waals surface area contributed by atoms with E-state index >= 15 is 0 Å². The smallest absolute Gasteiger partial charge is 0.0242 e. The summed E-state index contributed by atoms with van der Waals surface area (Å²) in [5.41, 5.74) is 1.56. The van der Waals surface area contributed by atoms with Crippen LogP contribution in [0.5, 0.6) is 0 Å². The van der Waals surface area contributed by atoms with Crippen LogP contribution in [0.2, 0.25) is 0 Å². The molecule has 1 aliphatic heterocycles. The van der Waals surface area contributed by atoms with Gasteiger partial charge in [0.05, 0.1) is 0 Å². The molecule has 1 atom stereocenters. The summed E-state index contributed by atoms with van der Waals surface area (Å²) < 4.78 is 0. The van der Waals surface area contributed by atoms with Crippen molar-refractivity contribution in [1.82, 2.24) is 4.90 Å². The van der Waals surface area contributed by atoms with Gasteiger partial charge in [-0.15, -0.1) is 11.3 Å². The standard InChI is InChI=1S/C10H15NS/c1-3-8-6-11(2)7-9-4-5-12-10(8)9/h4-5,8H,3,6-7H2,1-2H3. The highest BCUT2D eigenvalue weighted by molar-refractivity contribution is 7.10. The lowest BCUT2D eigenvalue weighted by atomic mass is 9.97. The van der Waals surface area contributed by atoms with E-state index in [9.17, 15) is 0 Å². The van der Waals surface area contributed by atoms with Crippen LogP contribution in [0.1, 0.15) is 29.7 Å². The Morgan fingerprint density at radius 1 is 1.67 bits per heavy atom. The van der Waals surface area contributed by atoms with E-state index in [2.05, 4.69) is 30.3 Å². The second-order valence-electron chi connectivity index (χ2n) is 3.61. The first-order valence-electron chi connectivity index (χ1n) is 4.56. The summed E-state index contributed by atoms with van der Waals surface area (Å²) in [6.45, 7) is 4.67. The lowest BCUT2D eigenvalue weighted by Crippen LogP contribution is -2.28. The Balaban J connectivity index is 2.31. The number of nitrogens with zero attached hydrogens (tertiary/aromatic N) is 1. The molecule has 0 radical (unpaired) electrons. The fourth-order valence-corrected chi connectivity index (χ4v) is 3.06. The minimum absolute atomic E-state index is 0.791. The van der Waals surface area contributed by atoms with Crippen LogP contribution >= 0.6 is 11.3 Å². The minimum atomic E-state index is 0.791. The van der Waals surface area contributed by atoms with Crippen molar-refractivity contribution in [2.45, 2.75) is 25.8 Å². The van der Waals surface area contributed by atoms with Crippen LogP contribution in [0.15, 0.2) is 11.4 Å². The molecular formula is C10H15NS. The van der Waals surface area contributed by atoms with Crippen molar-refractivity contribution in [3.8, 4) is 0 Å². The molecule has 0 spiro atoms. The van der Waals surface area contributed by atoms with Gasteiger partial charge in [0.2, 0.25) is 0 Å². The quantitative estimate of drug-likeness (QED) is 0.644. The molecule has 0 aromatic carbocycles. The van der Waals surface area contributed by atoms with E-state index in [-0.39, 0.29) is 0 Å². The Kier molecular flexibility index (Phi) is 2.20. The first kappa shape index (κ1) is 8.27. The van der Waals surface area contributed by atoms with Crippen LogP contribution in [-0.4, -0.2) is 18.5 Å². The SMILES string of the molecule is CCC1CN(C)Cc2ccsc21. The number of likely N-dealkylation sites (N-methyl/N-ethyl adjacent to an activating group) is 1. The first-order valence-corrected chi connectivity index (χ1v) is 5.44. The van der Waals surface area contributed by atoms with Crippen molar-refractivity contribution in [2.24, 2.45) is 0 Å². The van der Waals surface area contributed by atoms with Gasteiger partial charge in [0, 0.05) is 23.9 Å². The predicted octanol–water partition coefficient (Wildman–Crippen LogP) is 2.69. The van der Waals surface area contributed by atoms with Gasteiger partial charge in [-0.2, -0.15) is 0 Å². The number of rotatable bonds is 1. The Labute approximate surface area is 78.0 Å². The Morgan fingerprint density at radius 2 is 2.50 bits per heavy atom. The second-order valence-corrected chi connectivity index (χ2v) is 4.56. The molecule has 1 nitrogen and oxygen atoms in total. The first-order chi connectivity index (χ1) is 5.81. The summed E-state index contributed by atoms with van der Waals surface area (Å²) in [6, 6.07) is 2.28. The van der Waals surface area contributed by atoms with Crippen molar-refractivity contribution >= 4 is 11.3 Å². The fourth-order valence-electron chi connectivity index (χ4n) is 1.97. The van der Waals surface area contributed by atoms with Crippen molar-refractivity contribution < 1.29 is 0 Å². The number of thiophene rings is 1. The van der Waals surface area contributed by atoms with Crippen molar-refractivity contribution in [3.63, 3.8) is 0 Å². The zero-order chi connectivity index (χ0) is 8.55. The van der Waals surface area contributed by atoms with Crippen molar-refractivity contribution in [1.29, 1.82) is 0 Å². The maximum absolute atomic E-state index is 2.42. The maximum atomic E-state index is 2.42. The van der Waals surface area contributed by atoms with Crippen LogP contribution in [-0.2, 0) is 6.54 Å². The Morgan fingerprint density at radius 3 is 3.25 bits per heavy atom. The molecule has 66 valence electrons. The summed E-state index contributed by atoms with van der Waals surface area (Å²) >= 11 is 1.93. The highest BCUT2D eigenvalue weighted by Crippen LogP contribution is 2.33. The van der Waals surface area contributed by atoms with Gasteiger partial charge in [0.15, 0.2) is 0 Å². The molecule has 0 saturated carbocycles. The van der Waals surface area contributed by atoms with E-state index in [1.807, 2.05) is 11.3 Å². The molecule has 1 aliphatic rings. The number of hydrogen-bond acceptors (Lipinski definition) is 2. The van der Waals surface area contributed by atoms with E-state index in [0.29, 0.717) is 0 Å². The van der Waals surface area contributed by atoms with Crippen LogP contribution in [0.25, 0.3) is 0 Å². The lowest BCUT2D eigenvalue weighted by molar-refractivity contribution is 0.281. The summed E-state index contributed by atoms with van der Waals surface area (Å²) in [5.74, 6) is 0.791. The summed E-state index contributed by atoms with van der Waals surface area (Å²) in [5, 5.41) is 2.23. The van der Waals surface area contributed by atoms with Crippen LogP contribution in [0.4, 0.5) is 0 Å². The highest BCUT2D eigenvalue weighted by atomic mass is 32.1. The monoisotopic (exact) mass is 181 g/mol. The third kappa shape index (κ3) is 1.29. The third-order valence-corrected chi connectivity index (χ3v) is 3.74. The molecular weight excluding hydrogens is 166 g/mol. The van der Waals surface area contributed by atoms with Gasteiger partial charge in [0.25, 0.3) is 0 Å². The van der Waals surface area contributed by atoms with Crippen LogP contribution in [0, 0.1) is 0 Å². The zero-order valence-electron chi connectivity index (χ0n) is 7.71. The third-order valence-electron chi connectivity index (χ3n) is 2.62. The van der Waals surface area contributed by atoms with E-state index in [0.717, 1.165) is 12.5 Å². The van der Waals surface area contributed by atoms with Gasteiger partial charge in [0.1, 0.15) is 0 Å². The van der Waals surface area contributed by atoms with Crippen molar-refractivity contribution in [3.05, 3.63) is 21.9 Å². The van der Waals surface area contributed by atoms with Gasteiger partial charge in [-0.25, -0.2) is 0 Å². The van der Waals surface area contributed by atoms with Gasteiger partial charge in [-0.1, -0.05) is 6.92 Å². The topological polar surface area (TPSA) is 3.24 Å². The fraction of sp³-hybridized carbons (Fsp3) is 0.600. The van der Waals surface area contributed by atoms with Crippen LogP contribution < -0.4 is 0 Å². The Hall–Kier alpha value is -0.340. The average Bonchev–Trinajstić information content (AvgIpc) is 2.50. The van der Waals surface area contributed by atoms with E-state index in [1.165, 1.54) is 13.0 Å². The summed E-state index contributed by atoms with van der Waals surface area (Å²) in [6.07, 6.45) is 1.28. The summed E-state index contributed by atoms with van der Waals surface area (Å²) in [7, 11) is 2.21. The average molecular weight is 181 g/mol. The molecule has 0 N–H and O–H groups in total.